The smallest absolute Gasteiger partial charge is 0.172 e. The van der Waals surface area contributed by atoms with Gasteiger partial charge in [-0.25, -0.2) is 0 Å². The predicted octanol–water partition coefficient (Wildman–Crippen LogP) is 6.36. The average Bonchev–Trinajstić information content (AvgIpc) is 3.62. The predicted molar refractivity (Wildman–Crippen MR) is 144 cm³/mol. The Morgan fingerprint density at radius 3 is 2.51 bits per heavy atom. The summed E-state index contributed by atoms with van der Waals surface area (Å²) in [7, 11) is 0. The highest BCUT2D eigenvalue weighted by Gasteiger charge is 2.27. The fourth-order valence-corrected chi connectivity index (χ4v) is 6.25. The van der Waals surface area contributed by atoms with Gasteiger partial charge in [0.25, 0.3) is 0 Å². The Labute approximate surface area is 216 Å². The molecule has 1 unspecified atom stereocenters. The number of oxime groups is 1. The molecule has 1 aromatic heterocycles. The molecule has 3 aliphatic heterocycles. The molecule has 0 aliphatic carbocycles. The Morgan fingerprint density at radius 2 is 1.80 bits per heavy atom. The number of benzene rings is 1. The summed E-state index contributed by atoms with van der Waals surface area (Å²) in [5.74, 6) is 0.730. The lowest BCUT2D eigenvalue weighted by Crippen LogP contribution is -2.29. The van der Waals surface area contributed by atoms with Gasteiger partial charge in [-0.1, -0.05) is 41.7 Å². The molecule has 5 rings (SSSR count). The molecule has 2 saturated heterocycles. The molecule has 6 nitrogen and oxygen atoms in total. The number of ketones is 1. The first-order valence-electron chi connectivity index (χ1n) is 12.8. The van der Waals surface area contributed by atoms with Gasteiger partial charge in [0.2, 0.25) is 0 Å². The van der Waals surface area contributed by atoms with Crippen LogP contribution in [-0.2, 0) is 4.84 Å². The van der Waals surface area contributed by atoms with E-state index in [1.54, 1.807) is 12.1 Å². The number of carbonyl (C=O) groups is 1. The fraction of sp³-hybridized carbons (Fsp3) is 0.519. The van der Waals surface area contributed by atoms with Crippen LogP contribution in [0.15, 0.2) is 35.5 Å². The van der Waals surface area contributed by atoms with E-state index in [1.807, 2.05) is 0 Å². The van der Waals surface area contributed by atoms with Crippen LogP contribution in [0.5, 0.6) is 0 Å². The zero-order valence-electron chi connectivity index (χ0n) is 20.1. The molecule has 2 fully saturated rings. The summed E-state index contributed by atoms with van der Waals surface area (Å²) >= 11 is 7.31. The van der Waals surface area contributed by atoms with Gasteiger partial charge >= 0.3 is 0 Å². The van der Waals surface area contributed by atoms with Crippen molar-refractivity contribution in [2.24, 2.45) is 5.16 Å². The van der Waals surface area contributed by atoms with E-state index in [0.717, 1.165) is 55.9 Å². The molecule has 8 heteroatoms. The third-order valence-corrected chi connectivity index (χ3v) is 8.50. The van der Waals surface area contributed by atoms with Crippen molar-refractivity contribution in [2.45, 2.75) is 63.9 Å². The molecule has 0 bridgehead atoms. The van der Waals surface area contributed by atoms with Gasteiger partial charge in [-0.3, -0.25) is 10.2 Å². The van der Waals surface area contributed by atoms with E-state index in [9.17, 15) is 4.79 Å². The zero-order valence-corrected chi connectivity index (χ0v) is 21.7. The van der Waals surface area contributed by atoms with E-state index < -0.39 is 0 Å². The quantitative estimate of drug-likeness (QED) is 0.266. The lowest BCUT2D eigenvalue weighted by molar-refractivity contribution is 0.0720. The fourth-order valence-electron chi connectivity index (χ4n) is 5.24. The van der Waals surface area contributed by atoms with Crippen molar-refractivity contribution in [3.8, 4) is 0 Å². The number of anilines is 1. The minimum absolute atomic E-state index is 0.0936. The topological polar surface area (TPSA) is 69.0 Å². The standard InChI is InChI=1S/C27H33ClN4O2S/c28-26-12-11-25(35-26)24(33)10-8-20-18-22(30-34-20)21-9-7-19(27(29)32-15-5-6-16-32)17-23(21)31-13-3-1-2-4-14-31/h7,9,11-12,17,20,29H,1-6,8,10,13-16,18H2. The van der Waals surface area contributed by atoms with Crippen LogP contribution >= 0.6 is 22.9 Å². The van der Waals surface area contributed by atoms with Crippen LogP contribution in [0.25, 0.3) is 0 Å². The van der Waals surface area contributed by atoms with Crippen LogP contribution in [0.4, 0.5) is 5.69 Å². The maximum atomic E-state index is 12.5. The number of nitrogens with zero attached hydrogens (tertiary/aromatic N) is 3. The molecule has 1 atom stereocenters. The Bertz CT molecular complexity index is 1100. The van der Waals surface area contributed by atoms with Gasteiger partial charge in [-0.15, -0.1) is 11.3 Å². The number of likely N-dealkylation sites (tertiary alicyclic amines) is 1. The monoisotopic (exact) mass is 512 g/mol. The van der Waals surface area contributed by atoms with Crippen molar-refractivity contribution in [3.63, 3.8) is 0 Å². The van der Waals surface area contributed by atoms with Crippen LogP contribution in [0.3, 0.4) is 0 Å². The number of rotatable bonds is 7. The molecule has 0 radical (unpaired) electrons. The molecule has 4 heterocycles. The molecule has 2 aromatic rings. The van der Waals surface area contributed by atoms with E-state index in [1.165, 1.54) is 42.7 Å². The van der Waals surface area contributed by atoms with E-state index in [0.29, 0.717) is 34.3 Å². The number of hydrogen-bond donors (Lipinski definition) is 1. The second-order valence-corrected chi connectivity index (χ2v) is 11.4. The summed E-state index contributed by atoms with van der Waals surface area (Å²) in [5.41, 5.74) is 4.19. The normalized spacial score (nSPS) is 20.5. The van der Waals surface area contributed by atoms with E-state index in [-0.39, 0.29) is 11.9 Å². The number of halogens is 1. The van der Waals surface area contributed by atoms with Crippen molar-refractivity contribution < 1.29 is 9.63 Å². The third-order valence-electron chi connectivity index (χ3n) is 7.23. The maximum absolute atomic E-state index is 12.5. The van der Waals surface area contributed by atoms with Crippen LogP contribution < -0.4 is 4.90 Å². The summed E-state index contributed by atoms with van der Waals surface area (Å²) in [6.07, 6.45) is 8.91. The van der Waals surface area contributed by atoms with E-state index in [2.05, 4.69) is 33.2 Å². The number of hydrogen-bond acceptors (Lipinski definition) is 6. The molecular weight excluding hydrogens is 480 g/mol. The highest BCUT2D eigenvalue weighted by Crippen LogP contribution is 2.31. The summed E-state index contributed by atoms with van der Waals surface area (Å²) in [6, 6.07) is 9.95. The van der Waals surface area contributed by atoms with Crippen LogP contribution in [0.2, 0.25) is 4.34 Å². The lowest BCUT2D eigenvalue weighted by Gasteiger charge is -2.27. The number of Topliss-reactive ketones (excluding diaryl/α,β-unsaturated/α-hetero) is 1. The SMILES string of the molecule is N=C(c1ccc(C2=NOC(CCC(=O)c3ccc(Cl)s3)C2)c(N2CCCCCC2)c1)N1CCCC1. The van der Waals surface area contributed by atoms with Gasteiger partial charge in [0.15, 0.2) is 5.78 Å². The van der Waals surface area contributed by atoms with Gasteiger partial charge in [-0.05, 0) is 50.3 Å². The summed E-state index contributed by atoms with van der Waals surface area (Å²) in [5, 5.41) is 13.2. The molecule has 1 N–H and O–H groups in total. The molecule has 0 amide bonds. The molecule has 0 spiro atoms. The second-order valence-electron chi connectivity index (χ2n) is 9.71. The first-order chi connectivity index (χ1) is 17.1. The van der Waals surface area contributed by atoms with Gasteiger partial charge in [0.1, 0.15) is 11.9 Å². The number of nitrogens with one attached hydrogen (secondary N) is 1. The summed E-state index contributed by atoms with van der Waals surface area (Å²) in [4.78, 5) is 23.6. The van der Waals surface area contributed by atoms with Crippen LogP contribution in [0, 0.1) is 5.41 Å². The maximum Gasteiger partial charge on any atom is 0.172 e. The molecule has 1 aromatic carbocycles. The highest BCUT2D eigenvalue weighted by atomic mass is 35.5. The number of thiophene rings is 1. The summed E-state index contributed by atoms with van der Waals surface area (Å²) < 4.78 is 0.637. The Hall–Kier alpha value is -2.38. The molecular formula is C27H33ClN4O2S. The van der Waals surface area contributed by atoms with E-state index >= 15 is 0 Å². The van der Waals surface area contributed by atoms with Crippen LogP contribution in [-0.4, -0.2) is 54.5 Å². The third kappa shape index (κ3) is 5.72. The van der Waals surface area contributed by atoms with Crippen molar-refractivity contribution >= 4 is 46.0 Å². The molecule has 186 valence electrons. The zero-order chi connectivity index (χ0) is 24.2. The average molecular weight is 513 g/mol. The Kier molecular flexibility index (Phi) is 7.73. The number of amidine groups is 1. The van der Waals surface area contributed by atoms with Crippen molar-refractivity contribution in [1.29, 1.82) is 5.41 Å². The van der Waals surface area contributed by atoms with E-state index in [4.69, 9.17) is 21.8 Å². The number of carbonyl (C=O) groups excluding carboxylic acids is 1. The van der Waals surface area contributed by atoms with Gasteiger partial charge in [-0.2, -0.15) is 0 Å². The molecule has 3 aliphatic rings. The first-order valence-corrected chi connectivity index (χ1v) is 14.0. The van der Waals surface area contributed by atoms with Crippen LogP contribution in [0.1, 0.15) is 78.6 Å². The lowest BCUT2D eigenvalue weighted by atomic mass is 9.97. The first kappa shape index (κ1) is 24.3. The summed E-state index contributed by atoms with van der Waals surface area (Å²) in [6.45, 7) is 4.00. The van der Waals surface area contributed by atoms with Gasteiger partial charge in [0, 0.05) is 55.8 Å². The Balaban J connectivity index is 1.31. The van der Waals surface area contributed by atoms with Crippen molar-refractivity contribution in [3.05, 3.63) is 50.7 Å². The minimum Gasteiger partial charge on any atom is -0.392 e. The van der Waals surface area contributed by atoms with Crippen molar-refractivity contribution in [1.82, 2.24) is 4.90 Å². The second kappa shape index (κ2) is 11.1. The Morgan fingerprint density at radius 1 is 1.06 bits per heavy atom. The molecule has 35 heavy (non-hydrogen) atoms. The minimum atomic E-state index is -0.0936. The van der Waals surface area contributed by atoms with Crippen molar-refractivity contribution in [2.75, 3.05) is 31.1 Å². The highest BCUT2D eigenvalue weighted by molar-refractivity contribution is 7.18. The largest absolute Gasteiger partial charge is 0.392 e. The molecule has 0 saturated carbocycles. The van der Waals surface area contributed by atoms with Gasteiger partial charge < -0.3 is 14.6 Å². The van der Waals surface area contributed by atoms with Gasteiger partial charge in [0.05, 0.1) is 14.9 Å².